The van der Waals surface area contributed by atoms with Gasteiger partial charge in [-0.15, -0.1) is 0 Å². The summed E-state index contributed by atoms with van der Waals surface area (Å²) in [4.78, 5) is 35.4. The Labute approximate surface area is 185 Å². The average Bonchev–Trinajstić information content (AvgIpc) is 2.82. The summed E-state index contributed by atoms with van der Waals surface area (Å²) in [7, 11) is 0. The molecule has 0 radical (unpaired) electrons. The monoisotopic (exact) mass is 436 g/mol. The quantitative estimate of drug-likeness (QED) is 0.366. The number of esters is 1. The second kappa shape index (κ2) is 10.4. The molecule has 1 fully saturated rings. The zero-order chi connectivity index (χ0) is 23.0. The van der Waals surface area contributed by atoms with Gasteiger partial charge in [0, 0.05) is 12.6 Å². The Hall–Kier alpha value is -3.93. The van der Waals surface area contributed by atoms with Crippen molar-refractivity contribution in [3.63, 3.8) is 0 Å². The molecule has 166 valence electrons. The normalized spacial score (nSPS) is 14.6. The molecular formula is C23H24N4O5. The van der Waals surface area contributed by atoms with Gasteiger partial charge in [0.1, 0.15) is 11.2 Å². The van der Waals surface area contributed by atoms with Gasteiger partial charge in [-0.05, 0) is 30.5 Å². The van der Waals surface area contributed by atoms with E-state index in [9.17, 15) is 25.0 Å². The van der Waals surface area contributed by atoms with E-state index in [0.717, 1.165) is 30.9 Å². The van der Waals surface area contributed by atoms with E-state index < -0.39 is 28.9 Å². The molecule has 2 aromatic carbocycles. The number of anilines is 1. The van der Waals surface area contributed by atoms with Crippen molar-refractivity contribution in [3.05, 3.63) is 69.8 Å². The lowest BCUT2D eigenvalue weighted by atomic mass is 9.83. The second-order valence-corrected chi connectivity index (χ2v) is 7.71. The minimum absolute atomic E-state index is 0.0394. The van der Waals surface area contributed by atoms with Gasteiger partial charge in [-0.3, -0.25) is 14.9 Å². The highest BCUT2D eigenvalue weighted by Crippen LogP contribution is 2.28. The molecule has 0 unspecified atom stereocenters. The van der Waals surface area contributed by atoms with Gasteiger partial charge in [-0.25, -0.2) is 4.79 Å². The molecule has 9 nitrogen and oxygen atoms in total. The number of nitro groups is 1. The van der Waals surface area contributed by atoms with E-state index in [2.05, 4.69) is 16.7 Å². The van der Waals surface area contributed by atoms with Crippen molar-refractivity contribution in [2.24, 2.45) is 0 Å². The van der Waals surface area contributed by atoms with E-state index in [1.165, 1.54) is 12.1 Å². The molecule has 0 saturated heterocycles. The summed E-state index contributed by atoms with van der Waals surface area (Å²) in [5.74, 6) is -1.43. The predicted octanol–water partition coefficient (Wildman–Crippen LogP) is 3.71. The molecule has 0 heterocycles. The molecular weight excluding hydrogens is 412 g/mol. The van der Waals surface area contributed by atoms with Crippen LogP contribution in [0.15, 0.2) is 48.5 Å². The first-order chi connectivity index (χ1) is 15.4. The van der Waals surface area contributed by atoms with Crippen LogP contribution >= 0.6 is 0 Å². The maximum atomic E-state index is 12.3. The standard InChI is InChI=1S/C23H24N4O5/c24-16-23(11-5-2-6-12-23)26-21(28)15-32-22(29)18-9-10-19(20(13-18)27(30)31)25-14-17-7-3-1-4-8-17/h1,3-4,7-10,13,25H,2,5-6,11-12,14-15H2,(H,26,28). The van der Waals surface area contributed by atoms with Crippen LogP contribution in [0.2, 0.25) is 0 Å². The lowest BCUT2D eigenvalue weighted by Gasteiger charge is -2.31. The van der Waals surface area contributed by atoms with Crippen LogP contribution in [0.25, 0.3) is 0 Å². The largest absolute Gasteiger partial charge is 0.452 e. The summed E-state index contributed by atoms with van der Waals surface area (Å²) in [5, 5.41) is 26.6. The molecule has 0 aliphatic heterocycles. The zero-order valence-corrected chi connectivity index (χ0v) is 17.5. The summed E-state index contributed by atoms with van der Waals surface area (Å²) >= 11 is 0. The Balaban J connectivity index is 1.61. The number of rotatable bonds is 8. The molecule has 0 aromatic heterocycles. The van der Waals surface area contributed by atoms with Crippen molar-refractivity contribution in [2.45, 2.75) is 44.2 Å². The van der Waals surface area contributed by atoms with Crippen LogP contribution in [0.3, 0.4) is 0 Å². The van der Waals surface area contributed by atoms with Gasteiger partial charge in [-0.2, -0.15) is 5.26 Å². The van der Waals surface area contributed by atoms with Crippen molar-refractivity contribution >= 4 is 23.3 Å². The third-order valence-electron chi connectivity index (χ3n) is 5.39. The molecule has 1 saturated carbocycles. The van der Waals surface area contributed by atoms with Crippen LogP contribution in [0, 0.1) is 21.4 Å². The molecule has 1 amide bonds. The average molecular weight is 436 g/mol. The summed E-state index contributed by atoms with van der Waals surface area (Å²) in [6, 6.07) is 15.5. The molecule has 0 bridgehead atoms. The Morgan fingerprint density at radius 2 is 1.84 bits per heavy atom. The maximum absolute atomic E-state index is 12.3. The molecule has 3 rings (SSSR count). The molecule has 32 heavy (non-hydrogen) atoms. The van der Waals surface area contributed by atoms with Crippen molar-refractivity contribution < 1.29 is 19.2 Å². The fraction of sp³-hybridized carbons (Fsp3) is 0.348. The highest BCUT2D eigenvalue weighted by atomic mass is 16.6. The highest BCUT2D eigenvalue weighted by Gasteiger charge is 2.33. The van der Waals surface area contributed by atoms with E-state index >= 15 is 0 Å². The van der Waals surface area contributed by atoms with E-state index in [1.54, 1.807) is 0 Å². The first-order valence-corrected chi connectivity index (χ1v) is 10.4. The first-order valence-electron chi connectivity index (χ1n) is 10.4. The summed E-state index contributed by atoms with van der Waals surface area (Å²) < 4.78 is 5.02. The Bertz CT molecular complexity index is 1030. The molecule has 1 aliphatic rings. The predicted molar refractivity (Wildman–Crippen MR) is 117 cm³/mol. The van der Waals surface area contributed by atoms with E-state index in [1.807, 2.05) is 30.3 Å². The van der Waals surface area contributed by atoms with Crippen LogP contribution in [-0.4, -0.2) is 28.9 Å². The van der Waals surface area contributed by atoms with Gasteiger partial charge in [0.25, 0.3) is 11.6 Å². The lowest BCUT2D eigenvalue weighted by Crippen LogP contribution is -2.50. The fourth-order valence-corrected chi connectivity index (χ4v) is 3.69. The van der Waals surface area contributed by atoms with Crippen LogP contribution in [0.5, 0.6) is 0 Å². The number of hydrogen-bond acceptors (Lipinski definition) is 7. The zero-order valence-electron chi connectivity index (χ0n) is 17.5. The van der Waals surface area contributed by atoms with Gasteiger partial charge >= 0.3 is 5.97 Å². The van der Waals surface area contributed by atoms with Crippen molar-refractivity contribution in [3.8, 4) is 6.07 Å². The van der Waals surface area contributed by atoms with Crippen LogP contribution < -0.4 is 10.6 Å². The maximum Gasteiger partial charge on any atom is 0.338 e. The molecule has 0 spiro atoms. The van der Waals surface area contributed by atoms with E-state index in [0.29, 0.717) is 19.4 Å². The fourth-order valence-electron chi connectivity index (χ4n) is 3.69. The van der Waals surface area contributed by atoms with Crippen LogP contribution in [-0.2, 0) is 16.1 Å². The van der Waals surface area contributed by atoms with E-state index in [4.69, 9.17) is 4.74 Å². The number of ether oxygens (including phenoxy) is 1. The highest BCUT2D eigenvalue weighted by molar-refractivity contribution is 5.93. The van der Waals surface area contributed by atoms with E-state index in [-0.39, 0.29) is 16.9 Å². The van der Waals surface area contributed by atoms with Crippen molar-refractivity contribution in [2.75, 3.05) is 11.9 Å². The Morgan fingerprint density at radius 3 is 2.50 bits per heavy atom. The summed E-state index contributed by atoms with van der Waals surface area (Å²) in [6.45, 7) is -0.184. The van der Waals surface area contributed by atoms with Crippen molar-refractivity contribution in [1.82, 2.24) is 5.32 Å². The number of carbonyl (C=O) groups excluding carboxylic acids is 2. The lowest BCUT2D eigenvalue weighted by molar-refractivity contribution is -0.384. The molecule has 2 aromatic rings. The Kier molecular flexibility index (Phi) is 7.39. The van der Waals surface area contributed by atoms with Gasteiger partial charge in [0.15, 0.2) is 6.61 Å². The number of nitro benzene ring substituents is 1. The summed E-state index contributed by atoms with van der Waals surface area (Å²) in [5.41, 5.74) is -0.0224. The van der Waals surface area contributed by atoms with Gasteiger partial charge in [0.05, 0.1) is 16.6 Å². The van der Waals surface area contributed by atoms with Crippen LogP contribution in [0.1, 0.15) is 48.0 Å². The Morgan fingerprint density at radius 1 is 1.12 bits per heavy atom. The minimum atomic E-state index is -0.924. The molecule has 1 aliphatic carbocycles. The number of amides is 1. The first kappa shape index (κ1) is 22.7. The summed E-state index contributed by atoms with van der Waals surface area (Å²) in [6.07, 6.45) is 3.84. The van der Waals surface area contributed by atoms with Gasteiger partial charge in [0.2, 0.25) is 0 Å². The number of nitriles is 1. The van der Waals surface area contributed by atoms with Gasteiger partial charge in [-0.1, -0.05) is 49.6 Å². The van der Waals surface area contributed by atoms with Gasteiger partial charge < -0.3 is 15.4 Å². The third kappa shape index (κ3) is 5.82. The molecule has 9 heteroatoms. The molecule has 0 atom stereocenters. The minimum Gasteiger partial charge on any atom is -0.452 e. The second-order valence-electron chi connectivity index (χ2n) is 7.71. The SMILES string of the molecule is N#CC1(NC(=O)COC(=O)c2ccc(NCc3ccccc3)c([N+](=O)[O-])c2)CCCCC1. The number of benzene rings is 2. The molecule has 2 N–H and O–H groups in total. The van der Waals surface area contributed by atoms with Crippen LogP contribution in [0.4, 0.5) is 11.4 Å². The smallest absolute Gasteiger partial charge is 0.338 e. The number of carbonyl (C=O) groups is 2. The van der Waals surface area contributed by atoms with Crippen molar-refractivity contribution in [1.29, 1.82) is 5.26 Å². The number of hydrogen-bond donors (Lipinski definition) is 2. The number of nitrogens with one attached hydrogen (secondary N) is 2. The third-order valence-corrected chi connectivity index (χ3v) is 5.39. The number of nitrogens with zero attached hydrogens (tertiary/aromatic N) is 2. The topological polar surface area (TPSA) is 134 Å².